The molecule has 0 unspecified atom stereocenters. The molecule has 0 radical (unpaired) electrons. The van der Waals surface area contributed by atoms with Crippen LogP contribution in [0.1, 0.15) is 56.1 Å². The van der Waals surface area contributed by atoms with E-state index in [0.717, 1.165) is 40.1 Å². The number of carbonyl (C=O) groups excluding carboxylic acids is 2. The molecule has 2 amide bonds. The van der Waals surface area contributed by atoms with Crippen LogP contribution in [0.15, 0.2) is 53.5 Å². The van der Waals surface area contributed by atoms with Crippen molar-refractivity contribution < 1.29 is 27.5 Å². The van der Waals surface area contributed by atoms with Gasteiger partial charge >= 0.3 is 6.18 Å². The standard InChI is InChI=1S/C40H45F3N8O4/c1-23-9-35(53)51(30-14-27(40(41,42)43)13-28(15-30)45-22-34(44)52)37-31(23)21-46-38(48-37)47-32-4-3-29(16-33(32)55-2)49-5-7-50(8-6-49)36(54)20-39-17-24-10-25(18-39)12-26(11-24)19-39/h3-4,9,13-16,21,24-26,45H,5-8,10-12,17-20,22H2,1-2H3,(H2,44,52)(H,46,47,48). The Bertz CT molecular complexity index is 2180. The van der Waals surface area contributed by atoms with Gasteiger partial charge in [-0.2, -0.15) is 18.2 Å². The molecule has 4 aliphatic carbocycles. The maximum Gasteiger partial charge on any atom is 0.416 e. The molecule has 4 saturated carbocycles. The van der Waals surface area contributed by atoms with E-state index >= 15 is 0 Å². The molecule has 15 heteroatoms. The van der Waals surface area contributed by atoms with Gasteiger partial charge in [-0.15, -0.1) is 0 Å². The highest BCUT2D eigenvalue weighted by molar-refractivity contribution is 5.82. The second kappa shape index (κ2) is 14.1. The number of aromatic nitrogens is 3. The summed E-state index contributed by atoms with van der Waals surface area (Å²) in [4.78, 5) is 51.7. The first-order valence-electron chi connectivity index (χ1n) is 18.9. The SMILES string of the molecule is COc1cc(N2CCN(C(=O)CC34CC5CC(CC(C5)C3)C4)CC2)ccc1Nc1ncc2c(C)cc(=O)n(-c3cc(NCC(N)=O)cc(C(F)(F)F)c3)c2n1. The number of ether oxygens (including phenoxy) is 1. The Kier molecular flexibility index (Phi) is 9.36. The molecular formula is C40H45F3N8O4. The third kappa shape index (κ3) is 7.40. The number of hydrogen-bond donors (Lipinski definition) is 3. The maximum absolute atomic E-state index is 14.0. The number of carbonyl (C=O) groups is 2. The largest absolute Gasteiger partial charge is 0.494 e. The Morgan fingerprint density at radius 3 is 2.29 bits per heavy atom. The molecule has 9 rings (SSSR count). The second-order valence-corrected chi connectivity index (χ2v) is 16.0. The number of nitrogens with two attached hydrogens (primary N) is 1. The van der Waals surface area contributed by atoms with Crippen LogP contribution in [0, 0.1) is 30.1 Å². The molecule has 55 heavy (non-hydrogen) atoms. The maximum atomic E-state index is 14.0. The monoisotopic (exact) mass is 758 g/mol. The number of pyridine rings is 1. The number of amides is 2. The number of benzene rings is 2. The van der Waals surface area contributed by atoms with Crippen LogP contribution >= 0.6 is 0 Å². The van der Waals surface area contributed by atoms with Crippen molar-refractivity contribution in [1.82, 2.24) is 19.4 Å². The fourth-order valence-corrected chi connectivity index (χ4v) is 10.0. The number of aryl methyl sites for hydroxylation is 1. The van der Waals surface area contributed by atoms with Crippen molar-refractivity contribution in [2.24, 2.45) is 28.9 Å². The Balaban J connectivity index is 1.00. The van der Waals surface area contributed by atoms with Crippen LogP contribution in [0.25, 0.3) is 16.7 Å². The summed E-state index contributed by atoms with van der Waals surface area (Å²) in [7, 11) is 1.55. The van der Waals surface area contributed by atoms with Gasteiger partial charge in [-0.3, -0.25) is 19.0 Å². The molecular weight excluding hydrogens is 713 g/mol. The summed E-state index contributed by atoms with van der Waals surface area (Å²) >= 11 is 0. The summed E-state index contributed by atoms with van der Waals surface area (Å²) in [5, 5.41) is 6.19. The van der Waals surface area contributed by atoms with Gasteiger partial charge in [-0.1, -0.05) is 0 Å². The first-order valence-corrected chi connectivity index (χ1v) is 18.9. The average molecular weight is 759 g/mol. The van der Waals surface area contributed by atoms with E-state index in [4.69, 9.17) is 10.5 Å². The summed E-state index contributed by atoms with van der Waals surface area (Å²) in [6.45, 7) is 4.00. The molecule has 1 aliphatic heterocycles. The molecule has 5 fully saturated rings. The lowest BCUT2D eigenvalue weighted by atomic mass is 9.49. The second-order valence-electron chi connectivity index (χ2n) is 16.0. The number of nitrogens with one attached hydrogen (secondary N) is 2. The lowest BCUT2D eigenvalue weighted by Gasteiger charge is -2.57. The lowest BCUT2D eigenvalue weighted by Crippen LogP contribution is -2.52. The Hall–Kier alpha value is -5.34. The van der Waals surface area contributed by atoms with Gasteiger partial charge in [-0.05, 0) is 105 Å². The number of primary amides is 1. The first kappa shape index (κ1) is 36.6. The number of alkyl halides is 3. The van der Waals surface area contributed by atoms with E-state index in [1.807, 2.05) is 23.1 Å². The number of anilines is 4. The minimum absolute atomic E-state index is 0.0491. The minimum atomic E-state index is -4.74. The van der Waals surface area contributed by atoms with Gasteiger partial charge in [0.2, 0.25) is 17.8 Å². The van der Waals surface area contributed by atoms with Crippen LogP contribution in [-0.4, -0.2) is 71.1 Å². The number of rotatable bonds is 10. The van der Waals surface area contributed by atoms with Gasteiger partial charge in [0.15, 0.2) is 5.65 Å². The van der Waals surface area contributed by atoms with Gasteiger partial charge in [-0.25, -0.2) is 4.98 Å². The number of nitrogens with zero attached hydrogens (tertiary/aromatic N) is 5. The molecule has 5 aliphatic rings. The van der Waals surface area contributed by atoms with E-state index in [-0.39, 0.29) is 28.4 Å². The van der Waals surface area contributed by atoms with Crippen LogP contribution in [0.5, 0.6) is 5.75 Å². The summed E-state index contributed by atoms with van der Waals surface area (Å²) in [6, 6.07) is 10.00. The zero-order valence-corrected chi connectivity index (χ0v) is 30.9. The van der Waals surface area contributed by atoms with E-state index in [1.165, 1.54) is 56.9 Å². The van der Waals surface area contributed by atoms with E-state index < -0.39 is 29.8 Å². The molecule has 4 bridgehead atoms. The van der Waals surface area contributed by atoms with Crippen molar-refractivity contribution in [2.75, 3.05) is 55.4 Å². The van der Waals surface area contributed by atoms with E-state index in [2.05, 4.69) is 25.5 Å². The minimum Gasteiger partial charge on any atom is -0.494 e. The molecule has 3 heterocycles. The van der Waals surface area contributed by atoms with Gasteiger partial charge in [0.25, 0.3) is 5.56 Å². The van der Waals surface area contributed by atoms with Crippen molar-refractivity contribution in [2.45, 2.75) is 58.0 Å². The Morgan fingerprint density at radius 2 is 1.65 bits per heavy atom. The molecule has 290 valence electrons. The highest BCUT2D eigenvalue weighted by atomic mass is 19.4. The molecule has 2 aromatic carbocycles. The average Bonchev–Trinajstić information content (AvgIpc) is 3.13. The summed E-state index contributed by atoms with van der Waals surface area (Å²) in [5.74, 6) is 2.58. The van der Waals surface area contributed by atoms with Crippen molar-refractivity contribution in [1.29, 1.82) is 0 Å². The fraction of sp³-hybridized carbons (Fsp3) is 0.475. The third-order valence-corrected chi connectivity index (χ3v) is 12.1. The van der Waals surface area contributed by atoms with Crippen LogP contribution in [0.3, 0.4) is 0 Å². The third-order valence-electron chi connectivity index (χ3n) is 12.1. The molecule has 4 N–H and O–H groups in total. The highest BCUT2D eigenvalue weighted by Crippen LogP contribution is 2.61. The number of hydrogen-bond acceptors (Lipinski definition) is 9. The zero-order chi connectivity index (χ0) is 38.6. The predicted molar refractivity (Wildman–Crippen MR) is 203 cm³/mol. The smallest absolute Gasteiger partial charge is 0.416 e. The molecule has 1 saturated heterocycles. The van der Waals surface area contributed by atoms with E-state index in [9.17, 15) is 27.6 Å². The highest BCUT2D eigenvalue weighted by Gasteiger charge is 2.51. The van der Waals surface area contributed by atoms with Crippen molar-refractivity contribution in [3.63, 3.8) is 0 Å². The van der Waals surface area contributed by atoms with E-state index in [1.54, 1.807) is 14.0 Å². The first-order chi connectivity index (χ1) is 26.3. The molecule has 12 nitrogen and oxygen atoms in total. The topological polar surface area (TPSA) is 148 Å². The van der Waals surface area contributed by atoms with E-state index in [0.29, 0.717) is 60.9 Å². The number of methoxy groups -OCH3 is 1. The summed E-state index contributed by atoms with van der Waals surface area (Å²) in [6.07, 6.45) is 5.22. The quantitative estimate of drug-likeness (QED) is 0.177. The van der Waals surface area contributed by atoms with Gasteiger partial charge in [0, 0.05) is 67.7 Å². The summed E-state index contributed by atoms with van der Waals surface area (Å²) in [5.41, 5.74) is 5.72. The molecule has 2 aromatic heterocycles. The van der Waals surface area contributed by atoms with Gasteiger partial charge in [0.05, 0.1) is 30.6 Å². The summed E-state index contributed by atoms with van der Waals surface area (Å²) < 4.78 is 48.7. The predicted octanol–water partition coefficient (Wildman–Crippen LogP) is 6.01. The normalized spacial score (nSPS) is 23.3. The number of halogens is 3. The van der Waals surface area contributed by atoms with Gasteiger partial charge < -0.3 is 30.9 Å². The van der Waals surface area contributed by atoms with Crippen LogP contribution in [0.4, 0.5) is 36.2 Å². The Morgan fingerprint density at radius 1 is 0.964 bits per heavy atom. The van der Waals surface area contributed by atoms with Crippen LogP contribution in [-0.2, 0) is 15.8 Å². The molecule has 0 spiro atoms. The lowest BCUT2D eigenvalue weighted by molar-refractivity contribution is -0.140. The zero-order valence-electron chi connectivity index (χ0n) is 30.9. The molecule has 0 atom stereocenters. The van der Waals surface area contributed by atoms with Crippen molar-refractivity contribution in [3.05, 3.63) is 70.1 Å². The number of fused-ring (bicyclic) bond motifs is 1. The number of piperazine rings is 1. The van der Waals surface area contributed by atoms with Crippen molar-refractivity contribution >= 4 is 45.9 Å². The van der Waals surface area contributed by atoms with Crippen molar-refractivity contribution in [3.8, 4) is 11.4 Å². The Labute approximate surface area is 316 Å². The molecule has 4 aromatic rings. The fourth-order valence-electron chi connectivity index (χ4n) is 10.0. The van der Waals surface area contributed by atoms with Crippen LogP contribution < -0.4 is 31.6 Å². The van der Waals surface area contributed by atoms with Crippen LogP contribution in [0.2, 0.25) is 0 Å². The van der Waals surface area contributed by atoms with Gasteiger partial charge in [0.1, 0.15) is 5.75 Å².